The summed E-state index contributed by atoms with van der Waals surface area (Å²) >= 11 is 0. The molecule has 1 N–H and O–H groups in total. The van der Waals surface area contributed by atoms with Gasteiger partial charge in [0.05, 0.1) is 0 Å². The molecule has 0 saturated carbocycles. The number of Topliss-reactive ketones (excluding diaryl/α,β-unsaturated/α-hetero) is 1. The van der Waals surface area contributed by atoms with Gasteiger partial charge in [0.25, 0.3) is 5.91 Å². The molecule has 2 atom stereocenters. The normalized spacial score (nSPS) is 20.2. The third kappa shape index (κ3) is 4.79. The predicted molar refractivity (Wildman–Crippen MR) is 114 cm³/mol. The number of fused-ring (bicyclic) bond motifs is 1. The predicted octanol–water partition coefficient (Wildman–Crippen LogP) is 3.73. The molecule has 2 aliphatic heterocycles. The number of imide groups is 1. The van der Waals surface area contributed by atoms with Crippen molar-refractivity contribution in [2.75, 3.05) is 0 Å². The molecule has 162 valence electrons. The van der Waals surface area contributed by atoms with Crippen molar-refractivity contribution in [3.8, 4) is 0 Å². The molecule has 6 heteroatoms. The summed E-state index contributed by atoms with van der Waals surface area (Å²) in [4.78, 5) is 50.5. The number of rotatable bonds is 8. The Hall–Kier alpha value is -2.50. The van der Waals surface area contributed by atoms with Crippen LogP contribution in [0.15, 0.2) is 18.2 Å². The van der Waals surface area contributed by atoms with E-state index in [1.54, 1.807) is 11.0 Å². The monoisotopic (exact) mass is 412 g/mol. The molecule has 3 rings (SSSR count). The van der Waals surface area contributed by atoms with Crippen molar-refractivity contribution in [1.82, 2.24) is 10.2 Å². The van der Waals surface area contributed by atoms with E-state index in [4.69, 9.17) is 0 Å². The molecule has 6 nitrogen and oxygen atoms in total. The molecule has 0 bridgehead atoms. The van der Waals surface area contributed by atoms with Gasteiger partial charge < -0.3 is 4.90 Å². The van der Waals surface area contributed by atoms with Crippen LogP contribution < -0.4 is 5.32 Å². The molecule has 2 heterocycles. The Morgan fingerprint density at radius 2 is 2.00 bits per heavy atom. The molecule has 2 aliphatic rings. The van der Waals surface area contributed by atoms with Crippen molar-refractivity contribution in [2.24, 2.45) is 5.41 Å². The second-order valence-corrected chi connectivity index (χ2v) is 9.55. The van der Waals surface area contributed by atoms with E-state index in [0.29, 0.717) is 31.4 Å². The Morgan fingerprint density at radius 3 is 2.67 bits per heavy atom. The second-order valence-electron chi connectivity index (χ2n) is 9.55. The van der Waals surface area contributed by atoms with Gasteiger partial charge in [-0.05, 0) is 41.4 Å². The number of carbonyl (C=O) groups is 4. The summed E-state index contributed by atoms with van der Waals surface area (Å²) in [6.45, 7) is 8.83. The van der Waals surface area contributed by atoms with Crippen LogP contribution in [0.25, 0.3) is 0 Å². The van der Waals surface area contributed by atoms with Crippen LogP contribution in [0.2, 0.25) is 0 Å². The van der Waals surface area contributed by atoms with E-state index in [1.807, 2.05) is 19.1 Å². The third-order valence-electron chi connectivity index (χ3n) is 6.25. The average molecular weight is 413 g/mol. The van der Waals surface area contributed by atoms with Crippen LogP contribution in [0, 0.1) is 5.41 Å². The number of ketones is 1. The summed E-state index contributed by atoms with van der Waals surface area (Å²) in [6, 6.07) is 5.11. The Morgan fingerprint density at radius 1 is 1.27 bits per heavy atom. The van der Waals surface area contributed by atoms with E-state index in [2.05, 4.69) is 26.1 Å². The van der Waals surface area contributed by atoms with Crippen molar-refractivity contribution in [1.29, 1.82) is 0 Å². The molecule has 0 aliphatic carbocycles. The molecule has 3 amide bonds. The minimum absolute atomic E-state index is 0.0262. The third-order valence-corrected chi connectivity index (χ3v) is 6.25. The van der Waals surface area contributed by atoms with Gasteiger partial charge in [-0.2, -0.15) is 0 Å². The van der Waals surface area contributed by atoms with Crippen molar-refractivity contribution in [3.63, 3.8) is 0 Å². The Labute approximate surface area is 178 Å². The fourth-order valence-corrected chi connectivity index (χ4v) is 4.73. The quantitative estimate of drug-likeness (QED) is 0.660. The van der Waals surface area contributed by atoms with Crippen LogP contribution in [-0.4, -0.2) is 34.4 Å². The summed E-state index contributed by atoms with van der Waals surface area (Å²) < 4.78 is 0. The highest BCUT2D eigenvalue weighted by Gasteiger charge is 2.39. The highest BCUT2D eigenvalue weighted by molar-refractivity contribution is 6.05. The fourth-order valence-electron chi connectivity index (χ4n) is 4.73. The van der Waals surface area contributed by atoms with Crippen LogP contribution >= 0.6 is 0 Å². The molecule has 1 fully saturated rings. The summed E-state index contributed by atoms with van der Waals surface area (Å²) in [5, 5.41) is 2.32. The highest BCUT2D eigenvalue weighted by Crippen LogP contribution is 2.32. The van der Waals surface area contributed by atoms with E-state index >= 15 is 0 Å². The van der Waals surface area contributed by atoms with Crippen LogP contribution in [0.1, 0.15) is 93.6 Å². The number of hydrogen-bond donors (Lipinski definition) is 1. The number of carbonyl (C=O) groups excluding carboxylic acids is 4. The van der Waals surface area contributed by atoms with Gasteiger partial charge in [0.1, 0.15) is 11.8 Å². The average Bonchev–Trinajstić information content (AvgIpc) is 2.97. The van der Waals surface area contributed by atoms with E-state index in [9.17, 15) is 19.2 Å². The molecule has 0 radical (unpaired) electrons. The van der Waals surface area contributed by atoms with Gasteiger partial charge >= 0.3 is 0 Å². The maximum absolute atomic E-state index is 12.8. The summed E-state index contributed by atoms with van der Waals surface area (Å²) in [7, 11) is 0. The summed E-state index contributed by atoms with van der Waals surface area (Å²) in [5.74, 6) is -0.525. The minimum Gasteiger partial charge on any atom is -0.322 e. The Kier molecular flexibility index (Phi) is 6.44. The summed E-state index contributed by atoms with van der Waals surface area (Å²) in [6.07, 6.45) is 3.77. The van der Waals surface area contributed by atoms with Gasteiger partial charge in [0.2, 0.25) is 11.8 Å². The number of piperidine rings is 1. The molecule has 30 heavy (non-hydrogen) atoms. The molecule has 0 spiro atoms. The zero-order valence-corrected chi connectivity index (χ0v) is 18.4. The minimum atomic E-state index is -0.606. The maximum atomic E-state index is 12.8. The molecule has 2 unspecified atom stereocenters. The molecule has 1 aromatic rings. The maximum Gasteiger partial charge on any atom is 0.255 e. The van der Waals surface area contributed by atoms with Crippen molar-refractivity contribution < 1.29 is 19.2 Å². The van der Waals surface area contributed by atoms with Crippen LogP contribution in [0.3, 0.4) is 0 Å². The number of benzene rings is 1. The zero-order valence-electron chi connectivity index (χ0n) is 18.4. The highest BCUT2D eigenvalue weighted by atomic mass is 16.2. The number of amides is 3. The smallest absolute Gasteiger partial charge is 0.255 e. The van der Waals surface area contributed by atoms with Gasteiger partial charge in [0, 0.05) is 31.4 Å². The Balaban J connectivity index is 1.68. The first kappa shape index (κ1) is 22.2. The lowest BCUT2D eigenvalue weighted by Crippen LogP contribution is -2.52. The molecule has 1 aromatic carbocycles. The molecule has 0 aromatic heterocycles. The number of nitrogens with one attached hydrogen (secondary N) is 1. The zero-order chi connectivity index (χ0) is 22.1. The van der Waals surface area contributed by atoms with E-state index in [1.165, 1.54) is 0 Å². The summed E-state index contributed by atoms with van der Waals surface area (Å²) in [5.41, 5.74) is 2.55. The van der Waals surface area contributed by atoms with Crippen molar-refractivity contribution >= 4 is 23.5 Å². The van der Waals surface area contributed by atoms with Crippen LogP contribution in [0.5, 0.6) is 0 Å². The van der Waals surface area contributed by atoms with E-state index in [0.717, 1.165) is 24.0 Å². The lowest BCUT2D eigenvalue weighted by molar-refractivity contribution is -0.137. The molecular formula is C24H32N2O4. The number of nitrogens with zero attached hydrogens (tertiary/aromatic N) is 1. The Bertz CT molecular complexity index is 874. The molecule has 1 saturated heterocycles. The standard InChI is InChI=1S/C24H32N2O4/c1-5-10-24(3,4)13-18(27)11-15(2)16-6-7-19-17(12-16)14-26(23(19)30)20-8-9-21(28)25-22(20)29/h6-7,12,15,20H,5,8-11,13-14H2,1-4H3,(H,25,28,29). The topological polar surface area (TPSA) is 83.6 Å². The fraction of sp³-hybridized carbons (Fsp3) is 0.583. The van der Waals surface area contributed by atoms with Crippen LogP contribution in [-0.2, 0) is 20.9 Å². The van der Waals surface area contributed by atoms with Gasteiger partial charge in [-0.25, -0.2) is 0 Å². The lowest BCUT2D eigenvalue weighted by Gasteiger charge is -2.29. The van der Waals surface area contributed by atoms with Crippen LogP contribution in [0.4, 0.5) is 0 Å². The number of hydrogen-bond acceptors (Lipinski definition) is 4. The van der Waals surface area contributed by atoms with Gasteiger partial charge in [0.15, 0.2) is 0 Å². The second kappa shape index (κ2) is 8.70. The first-order valence-corrected chi connectivity index (χ1v) is 10.9. The van der Waals surface area contributed by atoms with E-state index in [-0.39, 0.29) is 35.4 Å². The van der Waals surface area contributed by atoms with Gasteiger partial charge in [-0.15, -0.1) is 0 Å². The molecular weight excluding hydrogens is 380 g/mol. The van der Waals surface area contributed by atoms with Gasteiger partial charge in [-0.1, -0.05) is 46.2 Å². The first-order valence-electron chi connectivity index (χ1n) is 10.9. The SMILES string of the molecule is CCCC(C)(C)CC(=O)CC(C)c1ccc2c(c1)CN(C1CCC(=O)NC1=O)C2=O. The first-order chi connectivity index (χ1) is 14.1. The lowest BCUT2D eigenvalue weighted by atomic mass is 9.81. The van der Waals surface area contributed by atoms with Crippen molar-refractivity contribution in [2.45, 2.75) is 84.7 Å². The van der Waals surface area contributed by atoms with Gasteiger partial charge in [-0.3, -0.25) is 24.5 Å². The van der Waals surface area contributed by atoms with Crippen molar-refractivity contribution in [3.05, 3.63) is 34.9 Å². The largest absolute Gasteiger partial charge is 0.322 e. The van der Waals surface area contributed by atoms with E-state index < -0.39 is 11.9 Å².